The molecule has 1 aliphatic rings. The van der Waals surface area contributed by atoms with Crippen LogP contribution in [0.1, 0.15) is 24.5 Å². The summed E-state index contributed by atoms with van der Waals surface area (Å²) < 4.78 is 19.1. The average Bonchev–Trinajstić information content (AvgIpc) is 2.20. The fourth-order valence-corrected chi connectivity index (χ4v) is 2.02. The third kappa shape index (κ3) is 2.30. The maximum absolute atomic E-state index is 13.6. The minimum atomic E-state index is -0.343. The van der Waals surface area contributed by atoms with E-state index in [0.29, 0.717) is 17.2 Å². The Kier molecular flexibility index (Phi) is 3.24. The van der Waals surface area contributed by atoms with Crippen LogP contribution in [0.2, 0.25) is 5.02 Å². The van der Waals surface area contributed by atoms with Crippen LogP contribution >= 0.6 is 11.6 Å². The zero-order valence-corrected chi connectivity index (χ0v) is 9.01. The van der Waals surface area contributed by atoms with Gasteiger partial charge in [0.1, 0.15) is 11.9 Å². The van der Waals surface area contributed by atoms with Crippen LogP contribution in [0.25, 0.3) is 0 Å². The van der Waals surface area contributed by atoms with Crippen LogP contribution in [0.5, 0.6) is 0 Å². The molecule has 0 aromatic heterocycles. The van der Waals surface area contributed by atoms with E-state index in [0.717, 1.165) is 12.8 Å². The lowest BCUT2D eigenvalue weighted by atomic mass is 9.96. The van der Waals surface area contributed by atoms with Crippen LogP contribution in [0.15, 0.2) is 18.2 Å². The first-order valence-corrected chi connectivity index (χ1v) is 5.38. The van der Waals surface area contributed by atoms with Gasteiger partial charge in [-0.3, -0.25) is 0 Å². The van der Waals surface area contributed by atoms with Crippen molar-refractivity contribution < 1.29 is 9.13 Å². The molecule has 1 aliphatic heterocycles. The first kappa shape index (κ1) is 10.9. The van der Waals surface area contributed by atoms with E-state index in [2.05, 4.69) is 0 Å². The maximum Gasteiger partial charge on any atom is 0.130 e. The number of halogens is 2. The lowest BCUT2D eigenvalue weighted by Crippen LogP contribution is -2.34. The van der Waals surface area contributed by atoms with Gasteiger partial charge in [0.2, 0.25) is 0 Å². The van der Waals surface area contributed by atoms with Crippen LogP contribution in [-0.2, 0) is 4.74 Å². The maximum atomic E-state index is 13.6. The average molecular weight is 230 g/mol. The Morgan fingerprint density at radius 2 is 2.27 bits per heavy atom. The van der Waals surface area contributed by atoms with Crippen molar-refractivity contribution in [1.82, 2.24) is 0 Å². The molecule has 0 saturated carbocycles. The summed E-state index contributed by atoms with van der Waals surface area (Å²) >= 11 is 5.68. The molecule has 0 spiro atoms. The van der Waals surface area contributed by atoms with Gasteiger partial charge in [-0.2, -0.15) is 0 Å². The highest BCUT2D eigenvalue weighted by Crippen LogP contribution is 2.29. The molecule has 82 valence electrons. The van der Waals surface area contributed by atoms with Crippen molar-refractivity contribution in [2.24, 2.45) is 5.73 Å². The third-order valence-electron chi connectivity index (χ3n) is 2.64. The van der Waals surface area contributed by atoms with Gasteiger partial charge >= 0.3 is 0 Å². The Labute approximate surface area is 93.2 Å². The normalized spacial score (nSPS) is 26.6. The predicted molar refractivity (Wildman–Crippen MR) is 57.3 cm³/mol. The Morgan fingerprint density at radius 1 is 1.47 bits per heavy atom. The minimum Gasteiger partial charge on any atom is -0.372 e. The zero-order chi connectivity index (χ0) is 10.8. The van der Waals surface area contributed by atoms with E-state index in [4.69, 9.17) is 22.1 Å². The molecule has 15 heavy (non-hydrogen) atoms. The summed E-state index contributed by atoms with van der Waals surface area (Å²) in [6.07, 6.45) is 1.47. The molecule has 1 saturated heterocycles. The Bertz CT molecular complexity index is 358. The SMILES string of the molecule is NC1CCCOC1c1ccc(Cl)cc1F. The van der Waals surface area contributed by atoms with Crippen molar-refractivity contribution in [3.05, 3.63) is 34.6 Å². The highest BCUT2D eigenvalue weighted by molar-refractivity contribution is 6.30. The van der Waals surface area contributed by atoms with Gasteiger partial charge in [0.15, 0.2) is 0 Å². The summed E-state index contributed by atoms with van der Waals surface area (Å²) in [5.41, 5.74) is 6.40. The topological polar surface area (TPSA) is 35.2 Å². The lowest BCUT2D eigenvalue weighted by Gasteiger charge is -2.29. The van der Waals surface area contributed by atoms with Gasteiger partial charge in [0.25, 0.3) is 0 Å². The van der Waals surface area contributed by atoms with Gasteiger partial charge in [-0.25, -0.2) is 4.39 Å². The number of rotatable bonds is 1. The van der Waals surface area contributed by atoms with Crippen molar-refractivity contribution in [2.75, 3.05) is 6.61 Å². The molecule has 2 atom stereocenters. The summed E-state index contributed by atoms with van der Waals surface area (Å²) in [6.45, 7) is 0.639. The summed E-state index contributed by atoms with van der Waals surface area (Å²) in [5, 5.41) is 0.389. The van der Waals surface area contributed by atoms with E-state index in [1.165, 1.54) is 6.07 Å². The van der Waals surface area contributed by atoms with Gasteiger partial charge < -0.3 is 10.5 Å². The Balaban J connectivity index is 2.27. The van der Waals surface area contributed by atoms with Crippen molar-refractivity contribution in [1.29, 1.82) is 0 Å². The van der Waals surface area contributed by atoms with Gasteiger partial charge in [-0.1, -0.05) is 17.7 Å². The summed E-state index contributed by atoms with van der Waals surface area (Å²) in [7, 11) is 0. The molecule has 1 fully saturated rings. The number of ether oxygens (including phenoxy) is 1. The third-order valence-corrected chi connectivity index (χ3v) is 2.87. The lowest BCUT2D eigenvalue weighted by molar-refractivity contribution is -0.00187. The first-order valence-electron chi connectivity index (χ1n) is 5.00. The van der Waals surface area contributed by atoms with Crippen molar-refractivity contribution >= 4 is 11.6 Å². The summed E-state index contributed by atoms with van der Waals surface area (Å²) in [6, 6.07) is 4.47. The molecule has 2 rings (SSSR count). The van der Waals surface area contributed by atoms with Crippen molar-refractivity contribution in [3.8, 4) is 0 Å². The largest absolute Gasteiger partial charge is 0.372 e. The van der Waals surface area contributed by atoms with Crippen LogP contribution in [-0.4, -0.2) is 12.6 Å². The van der Waals surface area contributed by atoms with Crippen LogP contribution < -0.4 is 5.73 Å². The highest BCUT2D eigenvalue weighted by Gasteiger charge is 2.26. The molecule has 1 aromatic rings. The van der Waals surface area contributed by atoms with E-state index < -0.39 is 0 Å². The smallest absolute Gasteiger partial charge is 0.130 e. The number of hydrogen-bond donors (Lipinski definition) is 1. The summed E-state index contributed by atoms with van der Waals surface area (Å²) in [5.74, 6) is -0.343. The van der Waals surface area contributed by atoms with Crippen LogP contribution in [0.3, 0.4) is 0 Å². The molecule has 1 heterocycles. The number of benzene rings is 1. The molecule has 2 nitrogen and oxygen atoms in total. The molecule has 0 bridgehead atoms. The van der Waals surface area contributed by atoms with Crippen molar-refractivity contribution in [3.63, 3.8) is 0 Å². The zero-order valence-electron chi connectivity index (χ0n) is 8.25. The molecule has 0 radical (unpaired) electrons. The molecule has 0 amide bonds. The monoisotopic (exact) mass is 229 g/mol. The second-order valence-electron chi connectivity index (χ2n) is 3.76. The standard InChI is InChI=1S/C11H13ClFNO/c12-7-3-4-8(9(13)6-7)11-10(14)2-1-5-15-11/h3-4,6,10-11H,1-2,5,14H2. The molecule has 0 aliphatic carbocycles. The second kappa shape index (κ2) is 4.47. The minimum absolute atomic E-state index is 0.130. The fraction of sp³-hybridized carbons (Fsp3) is 0.455. The molecular weight excluding hydrogens is 217 g/mol. The Hall–Kier alpha value is -0.640. The van der Waals surface area contributed by atoms with Gasteiger partial charge in [0.05, 0.1) is 0 Å². The Morgan fingerprint density at radius 3 is 2.93 bits per heavy atom. The quantitative estimate of drug-likeness (QED) is 0.804. The molecule has 2 N–H and O–H groups in total. The van der Waals surface area contributed by atoms with E-state index in [1.54, 1.807) is 12.1 Å². The predicted octanol–water partition coefficient (Wildman–Crippen LogP) is 2.66. The molecular formula is C11H13ClFNO. The molecule has 1 aromatic carbocycles. The van der Waals surface area contributed by atoms with Gasteiger partial charge in [0, 0.05) is 23.2 Å². The molecule has 4 heteroatoms. The first-order chi connectivity index (χ1) is 7.18. The fourth-order valence-electron chi connectivity index (χ4n) is 1.86. The van der Waals surface area contributed by atoms with Crippen LogP contribution in [0, 0.1) is 5.82 Å². The molecule has 2 unspecified atom stereocenters. The summed E-state index contributed by atoms with van der Waals surface area (Å²) in [4.78, 5) is 0. The number of nitrogens with two attached hydrogens (primary N) is 1. The highest BCUT2D eigenvalue weighted by atomic mass is 35.5. The van der Waals surface area contributed by atoms with Crippen LogP contribution in [0.4, 0.5) is 4.39 Å². The van der Waals surface area contributed by atoms with E-state index in [-0.39, 0.29) is 18.0 Å². The van der Waals surface area contributed by atoms with Gasteiger partial charge in [-0.05, 0) is 25.0 Å². The van der Waals surface area contributed by atoms with E-state index in [9.17, 15) is 4.39 Å². The van der Waals surface area contributed by atoms with Gasteiger partial charge in [-0.15, -0.1) is 0 Å². The second-order valence-corrected chi connectivity index (χ2v) is 4.20. The van der Waals surface area contributed by atoms with Crippen molar-refractivity contribution in [2.45, 2.75) is 25.0 Å². The number of hydrogen-bond acceptors (Lipinski definition) is 2. The van der Waals surface area contributed by atoms with E-state index in [1.807, 2.05) is 0 Å². The van der Waals surface area contributed by atoms with E-state index >= 15 is 0 Å².